The minimum absolute atomic E-state index is 0.739. The van der Waals surface area contributed by atoms with Crippen molar-refractivity contribution < 1.29 is 33.4 Å². The zero-order valence-corrected chi connectivity index (χ0v) is 6.49. The van der Waals surface area contributed by atoms with Crippen LogP contribution >= 0.6 is 0 Å². The molecule has 0 spiro atoms. The molecule has 1 aromatic rings. The first kappa shape index (κ1) is 10.7. The van der Waals surface area contributed by atoms with E-state index in [9.17, 15) is 13.2 Å². The van der Waals surface area contributed by atoms with Crippen molar-refractivity contribution in [2.24, 2.45) is 0 Å². The fraction of sp³-hybridized carbons (Fsp3) is 0.167. The van der Waals surface area contributed by atoms with Crippen LogP contribution in [0.3, 0.4) is 0 Å². The van der Waals surface area contributed by atoms with Gasteiger partial charge in [-0.05, 0) is 17.2 Å². The average Bonchev–Trinajstić information content (AvgIpc) is 2.14. The van der Waals surface area contributed by atoms with Gasteiger partial charge in [-0.15, -0.1) is 0 Å². The molecule has 1 aromatic heterocycles. The predicted molar refractivity (Wildman–Crippen MR) is 34.7 cm³/mol. The Morgan fingerprint density at radius 2 is 2.07 bits per heavy atom. The Bertz CT molecular complexity index is 303. The third-order valence-corrected chi connectivity index (χ3v) is 1.22. The average molecular weight is 211 g/mol. The van der Waals surface area contributed by atoms with Crippen LogP contribution in [-0.2, 0) is 16.3 Å². The van der Waals surface area contributed by atoms with Gasteiger partial charge in [-0.1, -0.05) is 0 Å². The SMILES string of the molecule is OOOOc1ncccc1C(F)(F)F. The van der Waals surface area contributed by atoms with Crippen LogP contribution in [0.5, 0.6) is 5.88 Å². The van der Waals surface area contributed by atoms with E-state index in [1.807, 2.05) is 0 Å². The molecule has 0 aromatic carbocycles. The van der Waals surface area contributed by atoms with Crippen molar-refractivity contribution >= 4 is 0 Å². The Kier molecular flexibility index (Phi) is 3.23. The molecule has 0 saturated carbocycles. The number of hydrogen-bond acceptors (Lipinski definition) is 5. The second kappa shape index (κ2) is 4.22. The molecule has 0 unspecified atom stereocenters. The van der Waals surface area contributed by atoms with Crippen molar-refractivity contribution in [2.45, 2.75) is 6.18 Å². The molecule has 0 aliphatic heterocycles. The fourth-order valence-corrected chi connectivity index (χ4v) is 0.720. The second-order valence-electron chi connectivity index (χ2n) is 2.08. The lowest BCUT2D eigenvalue weighted by Crippen LogP contribution is -2.10. The largest absolute Gasteiger partial charge is 0.421 e. The molecule has 0 atom stereocenters. The van der Waals surface area contributed by atoms with Crippen LogP contribution in [0.4, 0.5) is 13.2 Å². The van der Waals surface area contributed by atoms with Crippen molar-refractivity contribution in [1.29, 1.82) is 0 Å². The van der Waals surface area contributed by atoms with Gasteiger partial charge in [-0.3, -0.25) is 4.89 Å². The summed E-state index contributed by atoms with van der Waals surface area (Å²) in [4.78, 5) is 7.13. The topological polar surface area (TPSA) is 60.8 Å². The molecule has 0 saturated heterocycles. The molecule has 0 radical (unpaired) electrons. The molecule has 0 fully saturated rings. The summed E-state index contributed by atoms with van der Waals surface area (Å²) in [5.74, 6) is -0.853. The van der Waals surface area contributed by atoms with E-state index >= 15 is 0 Å². The number of pyridine rings is 1. The molecule has 5 nitrogen and oxygen atoms in total. The van der Waals surface area contributed by atoms with Gasteiger partial charge in [0.05, 0.1) is 0 Å². The van der Waals surface area contributed by atoms with Crippen molar-refractivity contribution in [3.8, 4) is 5.88 Å². The molecule has 0 amide bonds. The van der Waals surface area contributed by atoms with Gasteiger partial charge in [0.2, 0.25) is 0 Å². The number of halogens is 3. The van der Waals surface area contributed by atoms with Crippen LogP contribution in [-0.4, -0.2) is 10.2 Å². The number of hydrogen-bond donors (Lipinski definition) is 1. The van der Waals surface area contributed by atoms with Crippen molar-refractivity contribution in [3.05, 3.63) is 23.9 Å². The van der Waals surface area contributed by atoms with Crippen LogP contribution in [0.1, 0.15) is 5.56 Å². The smallest absolute Gasteiger partial charge is 0.285 e. The summed E-state index contributed by atoms with van der Waals surface area (Å²) in [6, 6.07) is 1.82. The zero-order valence-electron chi connectivity index (χ0n) is 6.49. The van der Waals surface area contributed by atoms with E-state index < -0.39 is 17.6 Å². The summed E-state index contributed by atoms with van der Waals surface area (Å²) in [7, 11) is 0. The van der Waals surface area contributed by atoms with Gasteiger partial charge < -0.3 is 0 Å². The highest BCUT2D eigenvalue weighted by Crippen LogP contribution is 2.34. The molecule has 8 heteroatoms. The Balaban J connectivity index is 2.92. The minimum atomic E-state index is -4.62. The lowest BCUT2D eigenvalue weighted by molar-refractivity contribution is -0.595. The van der Waals surface area contributed by atoms with E-state index in [-0.39, 0.29) is 0 Å². The standard InChI is InChI=1S/C6H4F3NO4/c7-6(8,9)4-2-1-3-10-5(4)12-14-13-11/h1-3,11H. The highest BCUT2D eigenvalue weighted by molar-refractivity contribution is 5.27. The second-order valence-corrected chi connectivity index (χ2v) is 2.08. The van der Waals surface area contributed by atoms with E-state index in [2.05, 4.69) is 19.9 Å². The van der Waals surface area contributed by atoms with Crippen LogP contribution in [0.15, 0.2) is 18.3 Å². The van der Waals surface area contributed by atoms with Gasteiger partial charge in [0.1, 0.15) is 5.56 Å². The molecule has 1 heterocycles. The van der Waals surface area contributed by atoms with E-state index in [1.165, 1.54) is 0 Å². The molecule has 0 bridgehead atoms. The quantitative estimate of drug-likeness (QED) is 0.610. The number of nitrogens with zero attached hydrogens (tertiary/aromatic N) is 1. The first-order valence-electron chi connectivity index (χ1n) is 3.22. The molecular weight excluding hydrogens is 207 g/mol. The van der Waals surface area contributed by atoms with Gasteiger partial charge in [-0.2, -0.15) is 13.2 Å². The van der Waals surface area contributed by atoms with Crippen molar-refractivity contribution in [2.75, 3.05) is 0 Å². The molecule has 1 N–H and O–H groups in total. The number of aromatic nitrogens is 1. The third-order valence-electron chi connectivity index (χ3n) is 1.22. The summed E-state index contributed by atoms with van der Waals surface area (Å²) in [5, 5.41) is 14.1. The Hall–Kier alpha value is -1.38. The molecule has 0 aliphatic rings. The normalized spacial score (nSPS) is 11.4. The van der Waals surface area contributed by atoms with Crippen molar-refractivity contribution in [1.82, 2.24) is 4.98 Å². The molecule has 78 valence electrons. The Morgan fingerprint density at radius 3 is 2.64 bits per heavy atom. The lowest BCUT2D eigenvalue weighted by atomic mass is 10.3. The van der Waals surface area contributed by atoms with E-state index in [4.69, 9.17) is 5.26 Å². The summed E-state index contributed by atoms with van der Waals surface area (Å²) in [5.41, 5.74) is -1.14. The van der Waals surface area contributed by atoms with Gasteiger partial charge in [0.25, 0.3) is 5.88 Å². The maximum atomic E-state index is 12.2. The van der Waals surface area contributed by atoms with Crippen LogP contribution in [0.2, 0.25) is 0 Å². The Morgan fingerprint density at radius 1 is 1.36 bits per heavy atom. The zero-order chi connectivity index (χ0) is 10.6. The minimum Gasteiger partial charge on any atom is -0.285 e. The molecule has 0 aliphatic carbocycles. The first-order chi connectivity index (χ1) is 6.55. The number of rotatable bonds is 3. The van der Waals surface area contributed by atoms with Crippen LogP contribution in [0.25, 0.3) is 0 Å². The van der Waals surface area contributed by atoms with Crippen molar-refractivity contribution in [3.63, 3.8) is 0 Å². The van der Waals surface area contributed by atoms with Crippen LogP contribution in [0, 0.1) is 0 Å². The summed E-state index contributed by atoms with van der Waals surface area (Å²) in [6.07, 6.45) is -3.56. The van der Waals surface area contributed by atoms with Crippen LogP contribution < -0.4 is 4.89 Å². The maximum Gasteiger partial charge on any atom is 0.421 e. The van der Waals surface area contributed by atoms with E-state index in [1.54, 1.807) is 0 Å². The highest BCUT2D eigenvalue weighted by atomic mass is 19.4. The van der Waals surface area contributed by atoms with Gasteiger partial charge >= 0.3 is 6.18 Å². The van der Waals surface area contributed by atoms with Gasteiger partial charge in [0.15, 0.2) is 0 Å². The third kappa shape index (κ3) is 2.55. The first-order valence-corrected chi connectivity index (χ1v) is 3.22. The van der Waals surface area contributed by atoms with E-state index in [0.29, 0.717) is 0 Å². The summed E-state index contributed by atoms with van der Waals surface area (Å²) >= 11 is 0. The van der Waals surface area contributed by atoms with Gasteiger partial charge in [0, 0.05) is 11.2 Å². The van der Waals surface area contributed by atoms with E-state index in [0.717, 1.165) is 18.3 Å². The predicted octanol–water partition coefficient (Wildman–Crippen LogP) is 1.82. The summed E-state index contributed by atoms with van der Waals surface area (Å²) < 4.78 is 36.6. The van der Waals surface area contributed by atoms with Gasteiger partial charge in [-0.25, -0.2) is 10.2 Å². The fourth-order valence-electron chi connectivity index (χ4n) is 0.720. The number of alkyl halides is 3. The molecular formula is C6H4F3NO4. The lowest BCUT2D eigenvalue weighted by Gasteiger charge is -2.08. The monoisotopic (exact) mass is 211 g/mol. The highest BCUT2D eigenvalue weighted by Gasteiger charge is 2.35. The summed E-state index contributed by atoms with van der Waals surface area (Å²) in [6.45, 7) is 0. The molecule has 14 heavy (non-hydrogen) atoms. The Labute approximate surface area is 75.4 Å². The molecule has 1 rings (SSSR count). The maximum absolute atomic E-state index is 12.2.